The lowest BCUT2D eigenvalue weighted by Gasteiger charge is -1.99. The molecule has 0 aliphatic heterocycles. The quantitative estimate of drug-likeness (QED) is 0.477. The van der Waals surface area contributed by atoms with E-state index in [4.69, 9.17) is 11.2 Å². The highest BCUT2D eigenvalue weighted by molar-refractivity contribution is 5.78. The molecule has 0 atom stereocenters. The lowest BCUT2D eigenvalue weighted by molar-refractivity contribution is 0.112. The second-order valence-corrected chi connectivity index (χ2v) is 2.05. The van der Waals surface area contributed by atoms with Crippen LogP contribution in [0.3, 0.4) is 0 Å². The van der Waals surface area contributed by atoms with Crippen molar-refractivity contribution in [3.63, 3.8) is 0 Å². The lowest BCUT2D eigenvalue weighted by Crippen LogP contribution is -1.94. The second-order valence-electron chi connectivity index (χ2n) is 2.05. The zero-order chi connectivity index (χ0) is 8.97. The fourth-order valence-electron chi connectivity index (χ4n) is 0.776. The summed E-state index contributed by atoms with van der Waals surface area (Å²) < 4.78 is 4.83. The van der Waals surface area contributed by atoms with Crippen LogP contribution in [0.25, 0.3) is 0 Å². The van der Waals surface area contributed by atoms with Gasteiger partial charge in [0.15, 0.2) is 6.29 Å². The van der Waals surface area contributed by atoms with Gasteiger partial charge in [-0.15, -0.1) is 6.42 Å². The number of aromatic nitrogens is 1. The first-order valence-electron chi connectivity index (χ1n) is 3.28. The summed E-state index contributed by atoms with van der Waals surface area (Å²) in [4.78, 5) is 14.3. The first kappa shape index (κ1) is 8.28. The Hall–Kier alpha value is -1.82. The summed E-state index contributed by atoms with van der Waals surface area (Å²) in [6, 6.07) is 3.17. The molecule has 0 aliphatic rings. The van der Waals surface area contributed by atoms with E-state index in [-0.39, 0.29) is 0 Å². The molecule has 0 unspecified atom stereocenters. The zero-order valence-corrected chi connectivity index (χ0v) is 6.57. The van der Waals surface area contributed by atoms with Crippen LogP contribution in [0, 0.1) is 12.3 Å². The lowest BCUT2D eigenvalue weighted by atomic mass is 10.2. The molecule has 60 valence electrons. The maximum Gasteiger partial charge on any atom is 0.214 e. The first-order chi connectivity index (χ1) is 5.81. The van der Waals surface area contributed by atoms with Crippen molar-refractivity contribution in [1.29, 1.82) is 0 Å². The highest BCUT2D eigenvalue weighted by Gasteiger charge is 2.01. The van der Waals surface area contributed by atoms with E-state index >= 15 is 0 Å². The number of pyridine rings is 1. The number of carbonyl (C=O) groups is 1. The highest BCUT2D eigenvalue weighted by Crippen LogP contribution is 2.09. The summed E-state index contributed by atoms with van der Waals surface area (Å²) in [5.41, 5.74) is 0.711. The van der Waals surface area contributed by atoms with Crippen LogP contribution >= 0.6 is 0 Å². The van der Waals surface area contributed by atoms with Crippen molar-refractivity contribution >= 4 is 6.29 Å². The Bertz CT molecular complexity index is 339. The van der Waals surface area contributed by atoms with E-state index in [1.807, 2.05) is 0 Å². The fraction of sp³-hybridized carbons (Fsp3) is 0.111. The summed E-state index contributed by atoms with van der Waals surface area (Å²) in [7, 11) is 1.49. The first-order valence-corrected chi connectivity index (χ1v) is 3.28. The SMILES string of the molecule is C#Cc1nc(OC)ccc1C=O. The Labute approximate surface area is 70.4 Å². The minimum Gasteiger partial charge on any atom is -0.481 e. The molecule has 12 heavy (non-hydrogen) atoms. The van der Waals surface area contributed by atoms with Crippen LogP contribution in [-0.2, 0) is 0 Å². The van der Waals surface area contributed by atoms with Crippen molar-refractivity contribution < 1.29 is 9.53 Å². The molecule has 3 heteroatoms. The van der Waals surface area contributed by atoms with E-state index in [1.165, 1.54) is 7.11 Å². The third kappa shape index (κ3) is 1.43. The molecule has 0 saturated carbocycles. The van der Waals surface area contributed by atoms with Gasteiger partial charge in [-0.1, -0.05) is 0 Å². The molecular weight excluding hydrogens is 154 g/mol. The number of aldehydes is 1. The monoisotopic (exact) mass is 161 g/mol. The van der Waals surface area contributed by atoms with Crippen LogP contribution in [-0.4, -0.2) is 18.4 Å². The Kier molecular flexibility index (Phi) is 2.44. The van der Waals surface area contributed by atoms with Crippen molar-refractivity contribution in [3.8, 4) is 18.2 Å². The van der Waals surface area contributed by atoms with Gasteiger partial charge in [0, 0.05) is 11.6 Å². The summed E-state index contributed by atoms with van der Waals surface area (Å²) >= 11 is 0. The average molecular weight is 161 g/mol. The van der Waals surface area contributed by atoms with Gasteiger partial charge >= 0.3 is 0 Å². The van der Waals surface area contributed by atoms with Gasteiger partial charge in [-0.25, -0.2) is 4.98 Å². The molecule has 3 nitrogen and oxygen atoms in total. The maximum absolute atomic E-state index is 10.4. The van der Waals surface area contributed by atoms with E-state index in [1.54, 1.807) is 12.1 Å². The van der Waals surface area contributed by atoms with Crippen molar-refractivity contribution in [2.24, 2.45) is 0 Å². The topological polar surface area (TPSA) is 39.2 Å². The van der Waals surface area contributed by atoms with Crippen LogP contribution in [0.15, 0.2) is 12.1 Å². The third-order valence-electron chi connectivity index (χ3n) is 1.37. The van der Waals surface area contributed by atoms with Gasteiger partial charge in [-0.05, 0) is 12.0 Å². The molecule has 0 fully saturated rings. The van der Waals surface area contributed by atoms with Gasteiger partial charge in [-0.2, -0.15) is 0 Å². The maximum atomic E-state index is 10.4. The number of carbonyl (C=O) groups excluding carboxylic acids is 1. The summed E-state index contributed by atoms with van der Waals surface area (Å²) in [5, 5.41) is 0. The average Bonchev–Trinajstić information content (AvgIpc) is 2.16. The van der Waals surface area contributed by atoms with Crippen molar-refractivity contribution in [2.75, 3.05) is 7.11 Å². The Morgan fingerprint density at radius 3 is 2.92 bits per heavy atom. The van der Waals surface area contributed by atoms with E-state index in [9.17, 15) is 4.79 Å². The number of terminal acetylenes is 1. The molecule has 0 N–H and O–H groups in total. The van der Waals surface area contributed by atoms with Gasteiger partial charge < -0.3 is 4.74 Å². The number of methoxy groups -OCH3 is 1. The van der Waals surface area contributed by atoms with Crippen molar-refractivity contribution in [2.45, 2.75) is 0 Å². The Balaban J connectivity index is 3.22. The molecule has 0 aliphatic carbocycles. The number of hydrogen-bond donors (Lipinski definition) is 0. The van der Waals surface area contributed by atoms with Crippen LogP contribution in [0.5, 0.6) is 5.88 Å². The minimum absolute atomic E-state index is 0.310. The molecule has 0 radical (unpaired) electrons. The van der Waals surface area contributed by atoms with Gasteiger partial charge in [-0.3, -0.25) is 4.79 Å². The Morgan fingerprint density at radius 1 is 1.67 bits per heavy atom. The fourth-order valence-corrected chi connectivity index (χ4v) is 0.776. The minimum atomic E-state index is 0.310. The smallest absolute Gasteiger partial charge is 0.214 e. The molecule has 0 bridgehead atoms. The van der Waals surface area contributed by atoms with Crippen LogP contribution in [0.2, 0.25) is 0 Å². The number of nitrogens with zero attached hydrogens (tertiary/aromatic N) is 1. The third-order valence-corrected chi connectivity index (χ3v) is 1.37. The van der Waals surface area contributed by atoms with E-state index < -0.39 is 0 Å². The van der Waals surface area contributed by atoms with E-state index in [0.29, 0.717) is 23.4 Å². The van der Waals surface area contributed by atoms with Gasteiger partial charge in [0.05, 0.1) is 7.11 Å². The molecule has 0 aromatic carbocycles. The van der Waals surface area contributed by atoms with E-state index in [2.05, 4.69) is 10.9 Å². The molecule has 1 aromatic rings. The number of ether oxygens (including phenoxy) is 1. The molecule has 0 spiro atoms. The number of rotatable bonds is 2. The van der Waals surface area contributed by atoms with Crippen LogP contribution < -0.4 is 4.74 Å². The molecule has 1 heterocycles. The second kappa shape index (κ2) is 3.54. The summed E-state index contributed by atoms with van der Waals surface area (Å²) in [6.07, 6.45) is 5.79. The Morgan fingerprint density at radius 2 is 2.42 bits per heavy atom. The largest absolute Gasteiger partial charge is 0.481 e. The van der Waals surface area contributed by atoms with Gasteiger partial charge in [0.25, 0.3) is 0 Å². The predicted octanol–water partition coefficient (Wildman–Crippen LogP) is 0.884. The van der Waals surface area contributed by atoms with Gasteiger partial charge in [0.2, 0.25) is 5.88 Å². The molecule has 0 amide bonds. The highest BCUT2D eigenvalue weighted by atomic mass is 16.5. The molecule has 1 aromatic heterocycles. The molecular formula is C9H7NO2. The normalized spacial score (nSPS) is 8.67. The van der Waals surface area contributed by atoms with E-state index in [0.717, 1.165) is 0 Å². The van der Waals surface area contributed by atoms with Crippen molar-refractivity contribution in [3.05, 3.63) is 23.4 Å². The van der Waals surface area contributed by atoms with Crippen molar-refractivity contribution in [1.82, 2.24) is 4.98 Å². The standard InChI is InChI=1S/C9H7NO2/c1-3-8-7(6-11)4-5-9(10-8)12-2/h1,4-6H,2H3. The van der Waals surface area contributed by atoms with Gasteiger partial charge in [0.1, 0.15) is 5.69 Å². The van der Waals surface area contributed by atoms with Crippen LogP contribution in [0.4, 0.5) is 0 Å². The number of hydrogen-bond acceptors (Lipinski definition) is 3. The summed E-state index contributed by atoms with van der Waals surface area (Å²) in [6.45, 7) is 0. The van der Waals surface area contributed by atoms with Crippen LogP contribution in [0.1, 0.15) is 16.1 Å². The predicted molar refractivity (Wildman–Crippen MR) is 44.1 cm³/mol. The molecule has 0 saturated heterocycles. The summed E-state index contributed by atoms with van der Waals surface area (Å²) in [5.74, 6) is 2.71. The molecule has 1 rings (SSSR count). The zero-order valence-electron chi connectivity index (χ0n) is 6.57.